The largest absolute Gasteiger partial charge is 0.447 e. The predicted molar refractivity (Wildman–Crippen MR) is 393 cm³/mol. The van der Waals surface area contributed by atoms with Crippen LogP contribution >= 0.6 is 22.7 Å². The van der Waals surface area contributed by atoms with Crippen molar-refractivity contribution < 1.29 is 42.1 Å². The fraction of sp³-hybridized carbons (Fsp3) is 0.667. The Balaban J connectivity index is 0.000000172. The van der Waals surface area contributed by atoms with Crippen LogP contribution in [0.3, 0.4) is 0 Å². The maximum atomic E-state index is 12.4. The van der Waals surface area contributed by atoms with E-state index in [0.29, 0.717) is 57.2 Å². The molecule has 6 fully saturated rings. The number of nitrogens with one attached hydrogen (secondary N) is 7. The van der Waals surface area contributed by atoms with Gasteiger partial charge in [-0.1, -0.05) is 5.16 Å². The number of oxazole rings is 2. The number of hydrogen-bond donors (Lipinski definition) is 7. The van der Waals surface area contributed by atoms with Gasteiger partial charge >= 0.3 is 0 Å². The van der Waals surface area contributed by atoms with Gasteiger partial charge in [-0.3, -0.25) is 33.8 Å². The second-order valence-electron chi connectivity index (χ2n) is 27.3. The molecule has 6 saturated heterocycles. The number of H-pyrrole nitrogens is 1. The van der Waals surface area contributed by atoms with E-state index in [2.05, 4.69) is 109 Å². The molecule has 0 bridgehead atoms. The molecule has 6 aliphatic rings. The molecular weight excluding hydrogens is 1340 g/mol. The van der Waals surface area contributed by atoms with Crippen molar-refractivity contribution in [3.8, 4) is 0 Å². The number of thiazole rings is 2. The Hall–Kier alpha value is -7.32. The Morgan fingerprint density at radius 1 is 0.431 bits per heavy atom. The molecule has 102 heavy (non-hydrogen) atoms. The van der Waals surface area contributed by atoms with Crippen LogP contribution < -0.4 is 31.9 Å². The van der Waals surface area contributed by atoms with Crippen LogP contribution in [0.25, 0.3) is 0 Å². The molecule has 7 N–H and O–H groups in total. The summed E-state index contributed by atoms with van der Waals surface area (Å²) >= 11 is 3.22. The summed E-state index contributed by atoms with van der Waals surface area (Å²) in [4.78, 5) is 110. The van der Waals surface area contributed by atoms with E-state index in [4.69, 9.17) is 13.4 Å². The number of likely N-dealkylation sites (tertiary alicyclic amines) is 6. The summed E-state index contributed by atoms with van der Waals surface area (Å²) < 4.78 is 15.5. The summed E-state index contributed by atoms with van der Waals surface area (Å²) in [5.74, 6) is 4.03. The number of aromatic nitrogens is 7. The monoisotopic (exact) mass is 1450 g/mol. The molecule has 28 nitrogen and oxygen atoms in total. The number of nitrogens with zero attached hydrogens (tertiary/aromatic N) is 12. The van der Waals surface area contributed by atoms with E-state index in [1.165, 1.54) is 12.7 Å². The number of aromatic amines is 1. The summed E-state index contributed by atoms with van der Waals surface area (Å²) in [6, 6.07) is 3.17. The Labute approximate surface area is 610 Å². The highest BCUT2D eigenvalue weighted by atomic mass is 32.1. The second kappa shape index (κ2) is 43.1. The minimum atomic E-state index is -0.0742. The predicted octanol–water partition coefficient (Wildman–Crippen LogP) is 7.65. The maximum absolute atomic E-state index is 12.4. The molecule has 12 unspecified atom stereocenters. The van der Waals surface area contributed by atoms with Crippen molar-refractivity contribution in [3.63, 3.8) is 0 Å². The summed E-state index contributed by atoms with van der Waals surface area (Å²) in [6.45, 7) is 16.0. The van der Waals surface area contributed by atoms with Gasteiger partial charge in [0.1, 0.15) is 22.9 Å². The van der Waals surface area contributed by atoms with Crippen LogP contribution in [0, 0.1) is 0 Å². The molecule has 0 radical (unpaired) electrons. The number of hydrogen-bond acceptors (Lipinski definition) is 23. The molecule has 12 atom stereocenters. The van der Waals surface area contributed by atoms with E-state index in [-0.39, 0.29) is 95.9 Å². The van der Waals surface area contributed by atoms with Crippen LogP contribution in [0.5, 0.6) is 0 Å². The molecule has 0 spiro atoms. The molecule has 30 heteroatoms. The van der Waals surface area contributed by atoms with Crippen molar-refractivity contribution >= 4 is 58.1 Å². The first-order chi connectivity index (χ1) is 49.3. The lowest BCUT2D eigenvalue weighted by molar-refractivity contribution is -0.136. The zero-order valence-corrected chi connectivity index (χ0v) is 63.8. The molecule has 6 amide bonds. The molecule has 6 aromatic heterocycles. The first-order valence-corrected chi connectivity index (χ1v) is 38.3. The van der Waals surface area contributed by atoms with Crippen LogP contribution in [0.2, 0.25) is 0 Å². The second-order valence-corrected chi connectivity index (χ2v) is 29.3. The number of imidazole rings is 1. The van der Waals surface area contributed by atoms with Crippen LogP contribution in [0.15, 0.2) is 86.3 Å². The summed E-state index contributed by atoms with van der Waals surface area (Å²) in [5.41, 5.74) is 1.82. The third-order valence-corrected chi connectivity index (χ3v) is 21.9. The smallest absolute Gasteiger partial charge is 0.240 e. The topological polar surface area (TPSA) is 327 Å². The van der Waals surface area contributed by atoms with E-state index >= 15 is 0 Å². The van der Waals surface area contributed by atoms with Crippen molar-refractivity contribution in [1.29, 1.82) is 0 Å². The lowest BCUT2D eigenvalue weighted by atomic mass is 10.1. The van der Waals surface area contributed by atoms with E-state index < -0.39 is 0 Å². The van der Waals surface area contributed by atoms with Crippen LogP contribution in [-0.4, -0.2) is 215 Å². The summed E-state index contributed by atoms with van der Waals surface area (Å²) in [7, 11) is 11.1. The van der Waals surface area contributed by atoms with Gasteiger partial charge in [0.05, 0.1) is 99.6 Å². The average Bonchev–Trinajstić information content (AvgIpc) is 1.69. The van der Waals surface area contributed by atoms with Gasteiger partial charge in [0.15, 0.2) is 12.2 Å². The van der Waals surface area contributed by atoms with Crippen molar-refractivity contribution in [2.45, 2.75) is 269 Å². The SMILES string of the molecule is CNC1CCCC(C)N(Cc2ccno2)C1=O.CNC1CCCC(C)N(Cc2cnco2)C1=O.CNC1CCCC(C)N(Cc2cncs2)C1=O.CNC1CCCC(C)N(Cc2ncc[nH]2)C1=O.CNC1CCCC(C)N(Cc2ncco2)C1=O.CNC1CCCC(C)N(Cc2nccs2)C1=O. The maximum Gasteiger partial charge on any atom is 0.240 e. The first kappa shape index (κ1) is 82.0. The zero-order valence-electron chi connectivity index (χ0n) is 62.2. The third kappa shape index (κ3) is 24.4. The van der Waals surface area contributed by atoms with Crippen molar-refractivity contribution in [2.75, 3.05) is 42.3 Å². The van der Waals surface area contributed by atoms with E-state index in [0.717, 1.165) is 143 Å². The molecule has 0 aliphatic carbocycles. The fourth-order valence-corrected chi connectivity index (χ4v) is 15.1. The number of carbonyl (C=O) groups is 6. The highest BCUT2D eigenvalue weighted by Gasteiger charge is 2.36. The molecule has 0 saturated carbocycles. The van der Waals surface area contributed by atoms with Crippen molar-refractivity contribution in [3.05, 3.63) is 106 Å². The lowest BCUT2D eigenvalue weighted by Gasteiger charge is -2.28. The summed E-state index contributed by atoms with van der Waals surface area (Å²) in [6.07, 6.45) is 33.4. The Bertz CT molecular complexity index is 2750. The standard InChI is InChI=1S/C12H20N4O.3C12H19N3O2.2C12H19N3OS/c1-9-4-3-5-10(13-2)12(17)16(9)8-11-14-6-7-15-11;1-9-4-3-5-11(13-2)12(16)15(9)7-10-6-14-8-17-10;1-9-4-3-5-11(13-2)12(16)15(9)8-10-6-7-14-17-10;1-9-4-3-5-10(13-2)12(16)15(9)8-11-14-6-7-17-11;1-9-4-3-5-11(13-2)12(16)15(9)7-10-6-14-8-17-10;1-9-4-3-5-10(13-2)12(16)15(9)8-11-14-6-7-17-11/h6-7,9-10,13H,3-5,8H2,1-2H3,(H,14,15);6,8-9,11,13H,3-5,7H2,1-2H3;6-7,9,11,13H,3-5,8H2,1-2H3;6-7,9-10,13H,3-5,8H2,1-2H3;6,8-9,11,13H,3-5,7H2,1-2H3;6-7,9-10,13H,3-5,8H2,1-2H3. The van der Waals surface area contributed by atoms with Gasteiger partial charge in [-0.25, -0.2) is 19.9 Å². The average molecular weight is 1450 g/mol. The quantitative estimate of drug-likeness (QED) is 0.0434. The normalized spacial score (nSPS) is 26.0. The lowest BCUT2D eigenvalue weighted by Crippen LogP contribution is -2.46. The van der Waals surface area contributed by atoms with Gasteiger partial charge < -0.3 is 79.6 Å². The van der Waals surface area contributed by atoms with Gasteiger partial charge in [-0.2, -0.15) is 0 Å². The molecule has 6 aromatic rings. The van der Waals surface area contributed by atoms with Gasteiger partial charge in [-0.05, 0) is 199 Å². The van der Waals surface area contributed by atoms with Gasteiger partial charge in [-0.15, -0.1) is 22.7 Å². The van der Waals surface area contributed by atoms with Crippen molar-refractivity contribution in [2.24, 2.45) is 0 Å². The Morgan fingerprint density at radius 3 is 1.20 bits per heavy atom. The number of likely N-dealkylation sites (N-methyl/N-ethyl adjacent to an activating group) is 6. The molecule has 0 aromatic carbocycles. The van der Waals surface area contributed by atoms with Crippen LogP contribution in [0.4, 0.5) is 0 Å². The van der Waals surface area contributed by atoms with Crippen molar-refractivity contribution in [1.82, 2.24) is 96.4 Å². The molecular formula is C72H115N19O9S2. The van der Waals surface area contributed by atoms with E-state index in [1.807, 2.05) is 88.8 Å². The Morgan fingerprint density at radius 2 is 0.853 bits per heavy atom. The number of amides is 6. The number of rotatable bonds is 18. The van der Waals surface area contributed by atoms with Gasteiger partial charge in [0.25, 0.3) is 0 Å². The minimum absolute atomic E-state index is 0.0205. The molecule has 6 aliphatic heterocycles. The highest BCUT2D eigenvalue weighted by Crippen LogP contribution is 2.27. The summed E-state index contributed by atoms with van der Waals surface area (Å²) in [5, 5.41) is 25.2. The van der Waals surface area contributed by atoms with Crippen LogP contribution in [-0.2, 0) is 68.0 Å². The molecule has 12 rings (SSSR count). The van der Waals surface area contributed by atoms with Gasteiger partial charge in [0, 0.05) is 77.4 Å². The fourth-order valence-electron chi connectivity index (χ4n) is 13.9. The highest BCUT2D eigenvalue weighted by molar-refractivity contribution is 7.09. The van der Waals surface area contributed by atoms with Gasteiger partial charge in [0.2, 0.25) is 41.3 Å². The molecule has 564 valence electrons. The van der Waals surface area contributed by atoms with E-state index in [9.17, 15) is 28.8 Å². The van der Waals surface area contributed by atoms with E-state index in [1.54, 1.807) is 65.9 Å². The minimum Gasteiger partial charge on any atom is -0.447 e. The third-order valence-electron chi connectivity index (χ3n) is 20.3. The molecule has 12 heterocycles. The number of carbonyl (C=O) groups excluding carboxylic acids is 6. The first-order valence-electron chi connectivity index (χ1n) is 36.6. The Kier molecular flexibility index (Phi) is 34.6. The zero-order chi connectivity index (χ0) is 73.5. The van der Waals surface area contributed by atoms with Crippen LogP contribution in [0.1, 0.15) is 190 Å².